The molecule has 246 valence electrons. The SMILES string of the molecule is CCN1C(=CC=Cc2oc3ccccc3[n+]2CCOC(=O)c2ccc(-c3nc(C(Cl)(Cl)Cl)nc(C(Cl)(Cl)Cl)n3)cc2)Oc2ccccc21. The van der Waals surface area contributed by atoms with Crippen molar-refractivity contribution in [3.63, 3.8) is 0 Å². The Morgan fingerprint density at radius 2 is 1.56 bits per heavy atom. The molecule has 1 aliphatic heterocycles. The van der Waals surface area contributed by atoms with Crippen molar-refractivity contribution < 1.29 is 23.3 Å². The lowest BCUT2D eigenvalue weighted by Gasteiger charge is -2.15. The lowest BCUT2D eigenvalue weighted by atomic mass is 10.1. The van der Waals surface area contributed by atoms with Gasteiger partial charge < -0.3 is 18.8 Å². The standard InChI is InChI=1S/C33H24Cl6N5O4/c1-2-43-22-8-3-5-10-24(22)47-26(43)12-7-13-27-44(23-9-4-6-11-25(23)48-27)18-19-46-29(45)21-16-14-20(15-17-21)28-40-30(32(34,35)36)42-31(41-28)33(37,38)39/h3-17H,2,18-19H2,1H3/q+1. The third-order valence-electron chi connectivity index (χ3n) is 7.14. The summed E-state index contributed by atoms with van der Waals surface area (Å²) in [4.78, 5) is 27.4. The van der Waals surface area contributed by atoms with Crippen LogP contribution in [-0.2, 0) is 18.9 Å². The highest BCUT2D eigenvalue weighted by atomic mass is 35.6. The van der Waals surface area contributed by atoms with E-state index in [1.165, 1.54) is 0 Å². The zero-order valence-electron chi connectivity index (χ0n) is 24.9. The topological polar surface area (TPSA) is 94.5 Å². The molecule has 0 N–H and O–H groups in total. The molecule has 0 aliphatic carbocycles. The van der Waals surface area contributed by atoms with E-state index in [1.807, 2.05) is 71.3 Å². The minimum Gasteiger partial charge on any atom is -0.455 e. The van der Waals surface area contributed by atoms with E-state index >= 15 is 0 Å². The molecule has 0 atom stereocenters. The van der Waals surface area contributed by atoms with Crippen LogP contribution < -0.4 is 14.2 Å². The van der Waals surface area contributed by atoms with E-state index < -0.39 is 13.6 Å². The normalized spacial score (nSPS) is 14.1. The van der Waals surface area contributed by atoms with Gasteiger partial charge in [0.1, 0.15) is 0 Å². The van der Waals surface area contributed by atoms with E-state index in [4.69, 9.17) is 83.5 Å². The molecule has 9 nitrogen and oxygen atoms in total. The molecular formula is C33H24Cl6N5O4+. The minimum atomic E-state index is -2.00. The first-order valence-corrected chi connectivity index (χ1v) is 16.7. The van der Waals surface area contributed by atoms with Crippen molar-refractivity contribution >= 4 is 98.4 Å². The number of anilines is 1. The number of fused-ring (bicyclic) bond motifs is 2. The summed E-state index contributed by atoms with van der Waals surface area (Å²) in [6.07, 6.45) is 5.60. The number of rotatable bonds is 8. The molecule has 0 bridgehead atoms. The van der Waals surface area contributed by atoms with Crippen LogP contribution in [0.3, 0.4) is 0 Å². The summed E-state index contributed by atoms with van der Waals surface area (Å²) in [6.45, 7) is 3.23. The Labute approximate surface area is 305 Å². The lowest BCUT2D eigenvalue weighted by molar-refractivity contribution is -0.679. The second-order valence-corrected chi connectivity index (χ2v) is 14.8. The fraction of sp³-hybridized carbons (Fsp3) is 0.182. The van der Waals surface area contributed by atoms with Crippen LogP contribution in [0.1, 0.15) is 34.8 Å². The summed E-state index contributed by atoms with van der Waals surface area (Å²) in [5.41, 5.74) is 3.32. The van der Waals surface area contributed by atoms with E-state index in [2.05, 4.69) is 26.8 Å². The van der Waals surface area contributed by atoms with Gasteiger partial charge in [-0.3, -0.25) is 0 Å². The number of carbonyl (C=O) groups is 1. The highest BCUT2D eigenvalue weighted by Crippen LogP contribution is 2.41. The van der Waals surface area contributed by atoms with Gasteiger partial charge in [-0.2, -0.15) is 4.57 Å². The van der Waals surface area contributed by atoms with Gasteiger partial charge in [-0.25, -0.2) is 19.7 Å². The molecule has 0 fully saturated rings. The number of carbonyl (C=O) groups excluding carboxylic acids is 1. The van der Waals surface area contributed by atoms with Crippen molar-refractivity contribution in [2.75, 3.05) is 18.1 Å². The first-order chi connectivity index (χ1) is 22.9. The number of ether oxygens (including phenoxy) is 2. The quantitative estimate of drug-likeness (QED) is 0.0879. The maximum atomic E-state index is 13.0. The molecule has 6 rings (SSSR count). The van der Waals surface area contributed by atoms with E-state index in [-0.39, 0.29) is 24.1 Å². The summed E-state index contributed by atoms with van der Waals surface area (Å²) < 4.78 is 15.7. The predicted molar refractivity (Wildman–Crippen MR) is 188 cm³/mol. The zero-order valence-corrected chi connectivity index (χ0v) is 29.5. The molecular weight excluding hydrogens is 743 g/mol. The van der Waals surface area contributed by atoms with Gasteiger partial charge in [0.15, 0.2) is 36.4 Å². The van der Waals surface area contributed by atoms with Gasteiger partial charge in [-0.15, -0.1) is 0 Å². The van der Waals surface area contributed by atoms with E-state index in [9.17, 15) is 4.79 Å². The van der Waals surface area contributed by atoms with E-state index in [0.717, 1.165) is 23.5 Å². The number of aromatic nitrogens is 4. The van der Waals surface area contributed by atoms with Crippen molar-refractivity contribution in [1.82, 2.24) is 15.0 Å². The van der Waals surface area contributed by atoms with E-state index in [0.29, 0.717) is 35.0 Å². The van der Waals surface area contributed by atoms with Gasteiger partial charge in [0.05, 0.1) is 17.3 Å². The molecule has 2 aromatic heterocycles. The van der Waals surface area contributed by atoms with Gasteiger partial charge in [-0.1, -0.05) is 106 Å². The number of allylic oxidation sites excluding steroid dienone is 2. The van der Waals surface area contributed by atoms with Crippen LogP contribution in [0.25, 0.3) is 28.6 Å². The smallest absolute Gasteiger partial charge is 0.374 e. The number of alkyl halides is 6. The molecule has 0 radical (unpaired) electrons. The Hall–Kier alpha value is -3.57. The largest absolute Gasteiger partial charge is 0.455 e. The summed E-state index contributed by atoms with van der Waals surface area (Å²) >= 11 is 35.9. The Bertz CT molecular complexity index is 2010. The molecule has 0 saturated carbocycles. The van der Waals surface area contributed by atoms with Gasteiger partial charge in [0, 0.05) is 18.2 Å². The average molecular weight is 767 g/mol. The highest BCUT2D eigenvalue weighted by molar-refractivity contribution is 6.67. The molecule has 1 aliphatic rings. The number of esters is 1. The van der Waals surface area contributed by atoms with Crippen LogP contribution in [0.2, 0.25) is 0 Å². The molecule has 3 aromatic carbocycles. The first kappa shape index (κ1) is 34.3. The average Bonchev–Trinajstić information content (AvgIpc) is 3.61. The summed E-state index contributed by atoms with van der Waals surface area (Å²) in [7, 11) is 0. The molecule has 0 unspecified atom stereocenters. The Balaban J connectivity index is 1.15. The van der Waals surface area contributed by atoms with Crippen LogP contribution in [0.15, 0.2) is 95.2 Å². The molecule has 5 aromatic rings. The Morgan fingerprint density at radius 3 is 2.25 bits per heavy atom. The maximum absolute atomic E-state index is 13.0. The number of hydrogen-bond acceptors (Lipinski definition) is 8. The van der Waals surface area contributed by atoms with Crippen LogP contribution in [0.5, 0.6) is 5.75 Å². The summed E-state index contributed by atoms with van der Waals surface area (Å²) in [6, 6.07) is 21.8. The summed E-state index contributed by atoms with van der Waals surface area (Å²) in [5, 5.41) is 0. The van der Waals surface area contributed by atoms with Gasteiger partial charge >= 0.3 is 11.9 Å². The van der Waals surface area contributed by atoms with Crippen molar-refractivity contribution in [1.29, 1.82) is 0 Å². The molecule has 48 heavy (non-hydrogen) atoms. The zero-order chi connectivity index (χ0) is 34.1. The first-order valence-electron chi connectivity index (χ1n) is 14.4. The molecule has 0 spiro atoms. The van der Waals surface area contributed by atoms with Crippen LogP contribution in [-0.4, -0.2) is 34.1 Å². The maximum Gasteiger partial charge on any atom is 0.374 e. The van der Waals surface area contributed by atoms with Gasteiger partial charge in [-0.05, 0) is 49.4 Å². The second-order valence-electron chi connectivity index (χ2n) is 10.3. The number of para-hydroxylation sites is 4. The van der Waals surface area contributed by atoms with Crippen molar-refractivity contribution in [2.24, 2.45) is 0 Å². The van der Waals surface area contributed by atoms with Gasteiger partial charge in [0.25, 0.3) is 5.52 Å². The third-order valence-corrected chi connectivity index (χ3v) is 8.15. The lowest BCUT2D eigenvalue weighted by Crippen LogP contribution is -2.38. The fourth-order valence-electron chi connectivity index (χ4n) is 4.95. The fourth-order valence-corrected chi connectivity index (χ4v) is 5.46. The Kier molecular flexibility index (Phi) is 10.1. The summed E-state index contributed by atoms with van der Waals surface area (Å²) in [5.74, 6) is 1.20. The van der Waals surface area contributed by atoms with Crippen molar-refractivity contribution in [3.8, 4) is 17.1 Å². The molecule has 15 heteroatoms. The second kappa shape index (κ2) is 14.1. The van der Waals surface area contributed by atoms with Crippen LogP contribution in [0, 0.1) is 0 Å². The number of nitrogens with zero attached hydrogens (tertiary/aromatic N) is 5. The molecule has 0 saturated heterocycles. The van der Waals surface area contributed by atoms with Crippen LogP contribution in [0.4, 0.5) is 5.69 Å². The third kappa shape index (κ3) is 7.52. The molecule has 0 amide bonds. The van der Waals surface area contributed by atoms with Crippen LogP contribution >= 0.6 is 69.6 Å². The highest BCUT2D eigenvalue weighted by Gasteiger charge is 2.34. The minimum absolute atomic E-state index is 0.0748. The van der Waals surface area contributed by atoms with Crippen molar-refractivity contribution in [2.45, 2.75) is 21.1 Å². The number of hydrogen-bond donors (Lipinski definition) is 0. The number of halogens is 6. The monoisotopic (exact) mass is 764 g/mol. The van der Waals surface area contributed by atoms with Gasteiger partial charge in [0.2, 0.25) is 19.1 Å². The number of benzene rings is 3. The molecule has 3 heterocycles. The number of oxazole rings is 1. The predicted octanol–water partition coefficient (Wildman–Crippen LogP) is 8.86. The van der Waals surface area contributed by atoms with Crippen molar-refractivity contribution in [3.05, 3.63) is 114 Å². The Morgan fingerprint density at radius 1 is 0.896 bits per heavy atom. The van der Waals surface area contributed by atoms with E-state index in [1.54, 1.807) is 24.3 Å².